The van der Waals surface area contributed by atoms with Crippen LogP contribution in [-0.4, -0.2) is 57.7 Å². The Kier molecular flexibility index (Phi) is 7.21. The first kappa shape index (κ1) is 18.8. The highest BCUT2D eigenvalue weighted by molar-refractivity contribution is 5.85. The van der Waals surface area contributed by atoms with Crippen LogP contribution in [0.4, 0.5) is 0 Å². The van der Waals surface area contributed by atoms with Gasteiger partial charge in [0.05, 0.1) is 0 Å². The number of ether oxygens (including phenoxy) is 1. The van der Waals surface area contributed by atoms with Crippen molar-refractivity contribution in [3.8, 4) is 0 Å². The van der Waals surface area contributed by atoms with Gasteiger partial charge in [-0.3, -0.25) is 9.59 Å². The SMILES string of the molecule is NC(=O)[C@@H](O)[C@@H](O)[C@H](O)[C@@]1(C(N)=O)CCCCCCCCO1. The molecular weight excluding hydrogens is 292 g/mol. The second-order valence-corrected chi connectivity index (χ2v) is 5.76. The van der Waals surface area contributed by atoms with Gasteiger partial charge in [0, 0.05) is 6.61 Å². The number of amides is 2. The first-order valence-corrected chi connectivity index (χ1v) is 7.60. The van der Waals surface area contributed by atoms with Crippen LogP contribution >= 0.6 is 0 Å². The van der Waals surface area contributed by atoms with Gasteiger partial charge in [0.25, 0.3) is 5.91 Å². The fourth-order valence-electron chi connectivity index (χ4n) is 2.71. The van der Waals surface area contributed by atoms with Crippen LogP contribution in [0.1, 0.15) is 44.9 Å². The van der Waals surface area contributed by atoms with Crippen LogP contribution in [-0.2, 0) is 14.3 Å². The van der Waals surface area contributed by atoms with Gasteiger partial charge in [-0.05, 0) is 19.3 Å². The number of hydrogen-bond donors (Lipinski definition) is 5. The molecule has 1 rings (SSSR count). The van der Waals surface area contributed by atoms with E-state index in [0.717, 1.165) is 25.7 Å². The molecule has 0 unspecified atom stereocenters. The maximum absolute atomic E-state index is 11.9. The number of primary amides is 2. The van der Waals surface area contributed by atoms with Gasteiger partial charge >= 0.3 is 0 Å². The highest BCUT2D eigenvalue weighted by Crippen LogP contribution is 2.29. The average molecular weight is 318 g/mol. The number of carbonyl (C=O) groups is 2. The third-order valence-electron chi connectivity index (χ3n) is 4.14. The molecular formula is C14H26N2O6. The summed E-state index contributed by atoms with van der Waals surface area (Å²) in [6, 6.07) is 0. The first-order chi connectivity index (χ1) is 10.3. The smallest absolute Gasteiger partial charge is 0.252 e. The average Bonchev–Trinajstić information content (AvgIpc) is 2.49. The van der Waals surface area contributed by atoms with Gasteiger partial charge in [-0.25, -0.2) is 0 Å². The van der Waals surface area contributed by atoms with Gasteiger partial charge in [0.2, 0.25) is 5.91 Å². The van der Waals surface area contributed by atoms with E-state index in [2.05, 4.69) is 0 Å². The maximum atomic E-state index is 11.9. The normalized spacial score (nSPS) is 28.3. The Hall–Kier alpha value is -1.22. The highest BCUT2D eigenvalue weighted by Gasteiger charge is 2.50. The molecule has 0 radical (unpaired) electrons. The zero-order valence-corrected chi connectivity index (χ0v) is 12.6. The summed E-state index contributed by atoms with van der Waals surface area (Å²) in [5.74, 6) is -2.14. The molecule has 8 nitrogen and oxygen atoms in total. The van der Waals surface area contributed by atoms with Crippen molar-refractivity contribution in [3.05, 3.63) is 0 Å². The largest absolute Gasteiger partial charge is 0.387 e. The van der Waals surface area contributed by atoms with E-state index >= 15 is 0 Å². The Morgan fingerprint density at radius 2 is 1.50 bits per heavy atom. The topological polar surface area (TPSA) is 156 Å². The molecule has 1 heterocycles. The van der Waals surface area contributed by atoms with E-state index in [1.807, 2.05) is 0 Å². The molecule has 4 atom stereocenters. The predicted molar refractivity (Wildman–Crippen MR) is 77.4 cm³/mol. The fraction of sp³-hybridized carbons (Fsp3) is 0.857. The minimum Gasteiger partial charge on any atom is -0.387 e. The quantitative estimate of drug-likeness (QED) is 0.417. The summed E-state index contributed by atoms with van der Waals surface area (Å²) in [6.45, 7) is 0.194. The molecule has 8 heteroatoms. The number of hydrogen-bond acceptors (Lipinski definition) is 6. The lowest BCUT2D eigenvalue weighted by Crippen LogP contribution is -2.62. The van der Waals surface area contributed by atoms with Crippen molar-refractivity contribution in [2.45, 2.75) is 68.9 Å². The van der Waals surface area contributed by atoms with Crippen molar-refractivity contribution < 1.29 is 29.6 Å². The molecule has 0 aliphatic carbocycles. The number of carbonyl (C=O) groups excluding carboxylic acids is 2. The summed E-state index contributed by atoms with van der Waals surface area (Å²) >= 11 is 0. The van der Waals surface area contributed by atoms with E-state index in [4.69, 9.17) is 16.2 Å². The second-order valence-electron chi connectivity index (χ2n) is 5.76. The molecule has 0 bridgehead atoms. The van der Waals surface area contributed by atoms with Crippen LogP contribution < -0.4 is 11.5 Å². The molecule has 0 aromatic carbocycles. The van der Waals surface area contributed by atoms with Gasteiger partial charge in [0.1, 0.15) is 12.2 Å². The third kappa shape index (κ3) is 4.39. The van der Waals surface area contributed by atoms with Gasteiger partial charge in [-0.2, -0.15) is 0 Å². The molecule has 1 saturated heterocycles. The van der Waals surface area contributed by atoms with Crippen LogP contribution in [0.15, 0.2) is 0 Å². The van der Waals surface area contributed by atoms with E-state index in [1.54, 1.807) is 0 Å². The van der Waals surface area contributed by atoms with Gasteiger partial charge in [-0.1, -0.05) is 25.7 Å². The van der Waals surface area contributed by atoms with Crippen molar-refractivity contribution in [1.29, 1.82) is 0 Å². The highest BCUT2D eigenvalue weighted by atomic mass is 16.5. The predicted octanol–water partition coefficient (Wildman–Crippen LogP) is -1.46. The van der Waals surface area contributed by atoms with E-state index in [-0.39, 0.29) is 13.0 Å². The Bertz CT molecular complexity index is 380. The lowest BCUT2D eigenvalue weighted by molar-refractivity contribution is -0.191. The Balaban J connectivity index is 2.98. The lowest BCUT2D eigenvalue weighted by Gasteiger charge is -2.38. The monoisotopic (exact) mass is 318 g/mol. The molecule has 0 saturated carbocycles. The molecule has 22 heavy (non-hydrogen) atoms. The van der Waals surface area contributed by atoms with E-state index in [1.165, 1.54) is 0 Å². The molecule has 2 amide bonds. The summed E-state index contributed by atoms with van der Waals surface area (Å²) < 4.78 is 5.53. The molecule has 0 aromatic heterocycles. The summed E-state index contributed by atoms with van der Waals surface area (Å²) in [5, 5.41) is 29.8. The minimum atomic E-state index is -2.01. The van der Waals surface area contributed by atoms with Crippen LogP contribution in [0.2, 0.25) is 0 Å². The Morgan fingerprint density at radius 3 is 2.05 bits per heavy atom. The molecule has 7 N–H and O–H groups in total. The zero-order chi connectivity index (χ0) is 16.8. The van der Waals surface area contributed by atoms with E-state index in [9.17, 15) is 24.9 Å². The number of aliphatic hydroxyl groups excluding tert-OH is 3. The standard InChI is InChI=1S/C14H26N2O6/c15-12(20)10(18)9(17)11(19)14(13(16)21)7-5-3-1-2-4-6-8-22-14/h9-11,17-19H,1-8H2,(H2,15,20)(H2,16,21)/t9-,10+,11+,14-/m1/s1. The minimum absolute atomic E-state index is 0.103. The van der Waals surface area contributed by atoms with Gasteiger partial charge < -0.3 is 31.5 Å². The van der Waals surface area contributed by atoms with Crippen molar-refractivity contribution >= 4 is 11.8 Å². The number of aliphatic hydroxyl groups is 3. The lowest BCUT2D eigenvalue weighted by atomic mass is 9.84. The maximum Gasteiger partial charge on any atom is 0.252 e. The summed E-state index contributed by atoms with van der Waals surface area (Å²) in [5.41, 5.74) is 8.46. The van der Waals surface area contributed by atoms with Gasteiger partial charge in [0.15, 0.2) is 11.7 Å². The fourth-order valence-corrected chi connectivity index (χ4v) is 2.71. The molecule has 1 fully saturated rings. The second kappa shape index (κ2) is 8.42. The molecule has 1 aliphatic heterocycles. The van der Waals surface area contributed by atoms with E-state index < -0.39 is 35.7 Å². The van der Waals surface area contributed by atoms with Crippen molar-refractivity contribution in [2.24, 2.45) is 11.5 Å². The summed E-state index contributed by atoms with van der Waals surface area (Å²) in [6.07, 6.45) is -0.612. The number of rotatable bonds is 5. The van der Waals surface area contributed by atoms with Crippen LogP contribution in [0, 0.1) is 0 Å². The van der Waals surface area contributed by atoms with Crippen LogP contribution in [0.25, 0.3) is 0 Å². The first-order valence-electron chi connectivity index (χ1n) is 7.60. The van der Waals surface area contributed by atoms with Crippen molar-refractivity contribution in [3.63, 3.8) is 0 Å². The molecule has 0 aromatic rings. The van der Waals surface area contributed by atoms with Gasteiger partial charge in [-0.15, -0.1) is 0 Å². The van der Waals surface area contributed by atoms with E-state index in [0.29, 0.717) is 12.8 Å². The van der Waals surface area contributed by atoms with Crippen LogP contribution in [0.3, 0.4) is 0 Å². The molecule has 128 valence electrons. The van der Waals surface area contributed by atoms with Crippen molar-refractivity contribution in [2.75, 3.05) is 6.61 Å². The zero-order valence-electron chi connectivity index (χ0n) is 12.6. The van der Waals surface area contributed by atoms with Crippen LogP contribution in [0.5, 0.6) is 0 Å². The summed E-state index contributed by atoms with van der Waals surface area (Å²) in [7, 11) is 0. The third-order valence-corrected chi connectivity index (χ3v) is 4.14. The number of nitrogens with two attached hydrogens (primary N) is 2. The molecule has 1 aliphatic rings. The van der Waals surface area contributed by atoms with Crippen molar-refractivity contribution in [1.82, 2.24) is 0 Å². The Labute approximate surface area is 129 Å². The molecule has 0 spiro atoms. The Morgan fingerprint density at radius 1 is 0.955 bits per heavy atom. The summed E-state index contributed by atoms with van der Waals surface area (Å²) in [4.78, 5) is 22.9.